The van der Waals surface area contributed by atoms with Crippen LogP contribution in [-0.2, 0) is 21.2 Å². The van der Waals surface area contributed by atoms with Gasteiger partial charge in [-0.05, 0) is 41.1 Å². The van der Waals surface area contributed by atoms with Crippen molar-refractivity contribution < 1.29 is 17.6 Å². The van der Waals surface area contributed by atoms with E-state index in [0.717, 1.165) is 28.1 Å². The first-order valence-corrected chi connectivity index (χ1v) is 11.2. The lowest BCUT2D eigenvalue weighted by atomic mass is 9.93. The molecule has 1 aliphatic rings. The highest BCUT2D eigenvalue weighted by Gasteiger charge is 2.34. The normalized spacial score (nSPS) is 17.0. The number of rotatable bonds is 6. The second kappa shape index (κ2) is 7.92. The molecule has 0 N–H and O–H groups in total. The van der Waals surface area contributed by atoms with Gasteiger partial charge in [-0.15, -0.1) is 17.9 Å². The fourth-order valence-electron chi connectivity index (χ4n) is 3.29. The molecule has 8 heteroatoms. The molecular formula is C19H21FN2O3S2. The van der Waals surface area contributed by atoms with Crippen LogP contribution in [0.2, 0.25) is 0 Å². The van der Waals surface area contributed by atoms with Crippen molar-refractivity contribution in [3.05, 3.63) is 70.2 Å². The van der Waals surface area contributed by atoms with Crippen LogP contribution in [-0.4, -0.2) is 49.4 Å². The second-order valence-corrected chi connectivity index (χ2v) is 9.42. The lowest BCUT2D eigenvalue weighted by Crippen LogP contribution is -2.46. The number of nitrogens with zero attached hydrogens (tertiary/aromatic N) is 2. The van der Waals surface area contributed by atoms with Crippen LogP contribution in [0.15, 0.2) is 48.4 Å². The minimum Gasteiger partial charge on any atom is -0.330 e. The van der Waals surface area contributed by atoms with Crippen LogP contribution in [0.25, 0.3) is 0 Å². The van der Waals surface area contributed by atoms with Crippen LogP contribution in [0.3, 0.4) is 0 Å². The van der Waals surface area contributed by atoms with Crippen molar-refractivity contribution in [3.63, 3.8) is 0 Å². The molecule has 0 radical (unpaired) electrons. The summed E-state index contributed by atoms with van der Waals surface area (Å²) >= 11 is 1.64. The van der Waals surface area contributed by atoms with Gasteiger partial charge in [-0.3, -0.25) is 4.79 Å². The summed E-state index contributed by atoms with van der Waals surface area (Å²) in [7, 11) is -3.53. The highest BCUT2D eigenvalue weighted by molar-refractivity contribution is 7.88. The van der Waals surface area contributed by atoms with Gasteiger partial charge in [0.2, 0.25) is 15.9 Å². The molecule has 1 aromatic heterocycles. The fourth-order valence-corrected chi connectivity index (χ4v) is 4.92. The number of carbonyl (C=O) groups is 1. The van der Waals surface area contributed by atoms with Crippen LogP contribution in [0.5, 0.6) is 0 Å². The van der Waals surface area contributed by atoms with Gasteiger partial charge in [0.05, 0.1) is 18.8 Å². The van der Waals surface area contributed by atoms with E-state index in [1.807, 2.05) is 11.4 Å². The summed E-state index contributed by atoms with van der Waals surface area (Å²) in [5.74, 6) is -0.624. The van der Waals surface area contributed by atoms with Gasteiger partial charge >= 0.3 is 0 Å². The van der Waals surface area contributed by atoms with Crippen LogP contribution in [0.1, 0.15) is 22.0 Å². The first kappa shape index (κ1) is 19.7. The zero-order valence-electron chi connectivity index (χ0n) is 15.0. The summed E-state index contributed by atoms with van der Waals surface area (Å²) in [6.45, 7) is 3.87. The molecule has 1 atom stereocenters. The summed E-state index contributed by atoms with van der Waals surface area (Å²) in [5, 5.41) is 1.98. The molecular weight excluding hydrogens is 387 g/mol. The predicted octanol–water partition coefficient (Wildman–Crippen LogP) is 2.81. The molecule has 2 aromatic rings. The number of hydrogen-bond donors (Lipinski definition) is 0. The van der Waals surface area contributed by atoms with Crippen molar-refractivity contribution in [1.29, 1.82) is 0 Å². The maximum atomic E-state index is 13.4. The maximum absolute atomic E-state index is 13.4. The van der Waals surface area contributed by atoms with E-state index in [1.165, 1.54) is 23.1 Å². The van der Waals surface area contributed by atoms with Crippen LogP contribution in [0, 0.1) is 5.82 Å². The van der Waals surface area contributed by atoms with Crippen LogP contribution >= 0.6 is 11.3 Å². The molecule has 1 amide bonds. The van der Waals surface area contributed by atoms with E-state index in [4.69, 9.17) is 0 Å². The van der Waals surface area contributed by atoms with Crippen molar-refractivity contribution in [2.24, 2.45) is 0 Å². The summed E-state index contributed by atoms with van der Waals surface area (Å²) in [6.07, 6.45) is 3.25. The molecule has 1 aromatic carbocycles. The van der Waals surface area contributed by atoms with E-state index in [2.05, 4.69) is 6.58 Å². The molecule has 3 rings (SSSR count). The zero-order chi connectivity index (χ0) is 19.6. The summed E-state index contributed by atoms with van der Waals surface area (Å²) in [6, 6.07) is 7.72. The SMILES string of the molecule is C=CCN(CC(=O)N1CCc2sccc2[C@H]1c1ccc(F)cc1)S(C)(=O)=O. The third-order valence-electron chi connectivity index (χ3n) is 4.59. The molecule has 0 unspecified atom stereocenters. The van der Waals surface area contributed by atoms with Gasteiger partial charge in [0, 0.05) is 18.0 Å². The van der Waals surface area contributed by atoms with Gasteiger partial charge in [-0.1, -0.05) is 18.2 Å². The van der Waals surface area contributed by atoms with Gasteiger partial charge in [0.1, 0.15) is 5.82 Å². The molecule has 0 aliphatic carbocycles. The Labute approximate surface area is 162 Å². The number of sulfonamides is 1. The lowest BCUT2D eigenvalue weighted by Gasteiger charge is -2.37. The molecule has 144 valence electrons. The molecule has 0 saturated carbocycles. The van der Waals surface area contributed by atoms with Gasteiger partial charge in [-0.25, -0.2) is 12.8 Å². The average molecular weight is 409 g/mol. The van der Waals surface area contributed by atoms with E-state index in [9.17, 15) is 17.6 Å². The van der Waals surface area contributed by atoms with E-state index >= 15 is 0 Å². The highest BCUT2D eigenvalue weighted by Crippen LogP contribution is 2.37. The Morgan fingerprint density at radius 1 is 1.37 bits per heavy atom. The molecule has 0 saturated heterocycles. The first-order chi connectivity index (χ1) is 12.8. The zero-order valence-corrected chi connectivity index (χ0v) is 16.6. The number of hydrogen-bond acceptors (Lipinski definition) is 4. The molecule has 0 spiro atoms. The Hall–Kier alpha value is -2.03. The Kier molecular flexibility index (Phi) is 5.78. The lowest BCUT2D eigenvalue weighted by molar-refractivity contribution is -0.133. The number of fused-ring (bicyclic) bond motifs is 1. The topological polar surface area (TPSA) is 57.7 Å². The minimum atomic E-state index is -3.53. The molecule has 0 fully saturated rings. The van der Waals surface area contributed by atoms with E-state index in [1.54, 1.807) is 28.4 Å². The predicted molar refractivity (Wildman–Crippen MR) is 105 cm³/mol. The minimum absolute atomic E-state index is 0.0727. The second-order valence-electron chi connectivity index (χ2n) is 6.43. The van der Waals surface area contributed by atoms with Crippen molar-refractivity contribution in [3.8, 4) is 0 Å². The van der Waals surface area contributed by atoms with Crippen LogP contribution < -0.4 is 0 Å². The number of halogens is 1. The van der Waals surface area contributed by atoms with Gasteiger partial charge < -0.3 is 4.90 Å². The Morgan fingerprint density at radius 3 is 2.70 bits per heavy atom. The summed E-state index contributed by atoms with van der Waals surface area (Å²) in [4.78, 5) is 15.9. The molecule has 0 bridgehead atoms. The number of carbonyl (C=O) groups excluding carboxylic acids is 1. The molecule has 27 heavy (non-hydrogen) atoms. The molecule has 5 nitrogen and oxygen atoms in total. The number of thiophene rings is 1. The molecule has 1 aliphatic heterocycles. The van der Waals surface area contributed by atoms with Gasteiger partial charge in [-0.2, -0.15) is 4.31 Å². The Morgan fingerprint density at radius 2 is 2.07 bits per heavy atom. The quantitative estimate of drug-likeness (QED) is 0.691. The van der Waals surface area contributed by atoms with Crippen LogP contribution in [0.4, 0.5) is 4.39 Å². The van der Waals surface area contributed by atoms with Crippen molar-refractivity contribution in [2.45, 2.75) is 12.5 Å². The van der Waals surface area contributed by atoms with E-state index in [0.29, 0.717) is 6.54 Å². The monoisotopic (exact) mass is 408 g/mol. The number of benzene rings is 1. The third-order valence-corrected chi connectivity index (χ3v) is 6.80. The highest BCUT2D eigenvalue weighted by atomic mass is 32.2. The van der Waals surface area contributed by atoms with Crippen molar-refractivity contribution >= 4 is 27.3 Å². The molecule has 2 heterocycles. The van der Waals surface area contributed by atoms with Crippen molar-refractivity contribution in [1.82, 2.24) is 9.21 Å². The maximum Gasteiger partial charge on any atom is 0.238 e. The standard InChI is InChI=1S/C19H21FN2O3S2/c1-3-10-21(27(2,24)25)13-18(23)22-11-8-17-16(9-12-26-17)19(22)14-4-6-15(20)7-5-14/h3-7,9,12,19H,1,8,10-11,13H2,2H3/t19-/m1/s1. The van der Waals surface area contributed by atoms with Crippen molar-refractivity contribution in [2.75, 3.05) is 25.9 Å². The summed E-state index contributed by atoms with van der Waals surface area (Å²) in [5.41, 5.74) is 1.82. The van der Waals surface area contributed by atoms with Gasteiger partial charge in [0.15, 0.2) is 0 Å². The first-order valence-electron chi connectivity index (χ1n) is 8.48. The largest absolute Gasteiger partial charge is 0.330 e. The average Bonchev–Trinajstić information content (AvgIpc) is 3.09. The van der Waals surface area contributed by atoms with Gasteiger partial charge in [0.25, 0.3) is 0 Å². The van der Waals surface area contributed by atoms with E-state index in [-0.39, 0.29) is 30.9 Å². The third kappa shape index (κ3) is 4.28. The smallest absolute Gasteiger partial charge is 0.238 e. The Balaban J connectivity index is 1.94. The number of amides is 1. The van der Waals surface area contributed by atoms with E-state index < -0.39 is 10.0 Å². The summed E-state index contributed by atoms with van der Waals surface area (Å²) < 4.78 is 38.4. The fraction of sp³-hybridized carbons (Fsp3) is 0.316. The Bertz CT molecular complexity index is 938.